The highest BCUT2D eigenvalue weighted by Crippen LogP contribution is 2.30. The Morgan fingerprint density at radius 3 is 2.38 bits per heavy atom. The Morgan fingerprint density at radius 2 is 1.72 bits per heavy atom. The molecular weight excluding hydrogens is 673 g/mol. The molecule has 32 heavy (non-hydrogen) atoms. The number of hydrogen-bond donors (Lipinski definition) is 1. The summed E-state index contributed by atoms with van der Waals surface area (Å²) >= 11 is 16.6. The van der Waals surface area contributed by atoms with Crippen molar-refractivity contribution < 1.29 is 9.53 Å². The van der Waals surface area contributed by atoms with E-state index in [0.717, 1.165) is 35.1 Å². The summed E-state index contributed by atoms with van der Waals surface area (Å²) < 4.78 is 7.87. The lowest BCUT2D eigenvalue weighted by molar-refractivity contribution is -0.120. The minimum Gasteiger partial charge on any atom is -0.487 e. The van der Waals surface area contributed by atoms with Crippen molar-refractivity contribution in [1.82, 2.24) is 5.43 Å². The highest BCUT2D eigenvalue weighted by molar-refractivity contribution is 14.1. The Labute approximate surface area is 225 Å². The Kier molecular flexibility index (Phi) is 9.22. The Bertz CT molecular complexity index is 1160. The average molecular weight is 693 g/mol. The Hall–Kier alpha value is -1.36. The van der Waals surface area contributed by atoms with Crippen LogP contribution < -0.4 is 10.2 Å². The highest BCUT2D eigenvalue weighted by atomic mass is 127. The first-order chi connectivity index (χ1) is 15.2. The number of aryl methyl sites for hydroxylation is 2. The van der Waals surface area contributed by atoms with Gasteiger partial charge in [-0.3, -0.25) is 4.79 Å². The average Bonchev–Trinajstić information content (AvgIpc) is 2.71. The SMILES string of the molecule is Cc1ccc(CC(=O)N/N=C\c2cc(I)c(OCc3ccc(Cl)cc3Cl)c(I)c2)c(C)c1. The molecule has 3 aromatic rings. The number of carbonyl (C=O) groups excluding carboxylic acids is 1. The van der Waals surface area contributed by atoms with E-state index in [0.29, 0.717) is 23.1 Å². The Morgan fingerprint density at radius 1 is 1.03 bits per heavy atom. The number of hydrogen-bond acceptors (Lipinski definition) is 3. The van der Waals surface area contributed by atoms with Gasteiger partial charge in [0.2, 0.25) is 5.91 Å². The molecule has 3 aromatic carbocycles. The maximum absolute atomic E-state index is 12.2. The number of carbonyl (C=O) groups is 1. The van der Waals surface area contributed by atoms with Gasteiger partial charge >= 0.3 is 0 Å². The lowest BCUT2D eigenvalue weighted by Gasteiger charge is -2.12. The zero-order chi connectivity index (χ0) is 23.3. The summed E-state index contributed by atoms with van der Waals surface area (Å²) in [5.74, 6) is 0.616. The second-order valence-corrected chi connectivity index (χ2v) is 10.4. The molecule has 0 aliphatic carbocycles. The van der Waals surface area contributed by atoms with Gasteiger partial charge in [0, 0.05) is 15.6 Å². The molecule has 0 fully saturated rings. The Balaban J connectivity index is 1.61. The molecule has 3 rings (SSSR count). The number of nitrogens with zero attached hydrogens (tertiary/aromatic N) is 1. The van der Waals surface area contributed by atoms with Gasteiger partial charge in [0.25, 0.3) is 0 Å². The predicted molar refractivity (Wildman–Crippen MR) is 148 cm³/mol. The number of rotatable bonds is 7. The standard InChI is InChI=1S/C24H20Cl2I2N2O2/c1-14-3-4-17(15(2)7-14)10-23(31)30-29-12-16-8-21(27)24(22(28)9-16)32-13-18-5-6-19(25)11-20(18)26/h3-9,11-12H,10,13H2,1-2H3,(H,30,31)/b29-12-. The molecule has 0 radical (unpaired) electrons. The van der Waals surface area contributed by atoms with Crippen molar-refractivity contribution in [3.63, 3.8) is 0 Å². The predicted octanol–water partition coefficient (Wildman–Crippen LogP) is 7.09. The van der Waals surface area contributed by atoms with Gasteiger partial charge in [-0.1, -0.05) is 53.0 Å². The van der Waals surface area contributed by atoms with Crippen molar-refractivity contribution in [3.8, 4) is 5.75 Å². The molecule has 0 spiro atoms. The summed E-state index contributed by atoms with van der Waals surface area (Å²) in [7, 11) is 0. The van der Waals surface area contributed by atoms with Crippen molar-refractivity contribution in [1.29, 1.82) is 0 Å². The number of hydrazone groups is 1. The first-order valence-corrected chi connectivity index (χ1v) is 12.6. The van der Waals surface area contributed by atoms with Crippen LogP contribution >= 0.6 is 68.4 Å². The van der Waals surface area contributed by atoms with Crippen molar-refractivity contribution in [2.45, 2.75) is 26.9 Å². The van der Waals surface area contributed by atoms with Gasteiger partial charge in [0.15, 0.2) is 0 Å². The molecule has 8 heteroatoms. The van der Waals surface area contributed by atoms with E-state index in [1.54, 1.807) is 18.3 Å². The largest absolute Gasteiger partial charge is 0.487 e. The third-order valence-electron chi connectivity index (χ3n) is 4.66. The monoisotopic (exact) mass is 692 g/mol. The molecule has 166 valence electrons. The van der Waals surface area contributed by atoms with Gasteiger partial charge in [0.05, 0.1) is 19.8 Å². The fourth-order valence-electron chi connectivity index (χ4n) is 3.02. The maximum atomic E-state index is 12.2. The smallest absolute Gasteiger partial charge is 0.244 e. The van der Waals surface area contributed by atoms with E-state index in [4.69, 9.17) is 27.9 Å². The molecule has 0 aromatic heterocycles. The van der Waals surface area contributed by atoms with Crippen LogP contribution in [0.4, 0.5) is 0 Å². The minimum atomic E-state index is -0.155. The highest BCUT2D eigenvalue weighted by Gasteiger charge is 2.11. The number of ether oxygens (including phenoxy) is 1. The fourth-order valence-corrected chi connectivity index (χ4v) is 5.61. The first kappa shape index (κ1) is 25.3. The quantitative estimate of drug-likeness (QED) is 0.163. The molecule has 0 saturated heterocycles. The molecule has 4 nitrogen and oxygen atoms in total. The summed E-state index contributed by atoms with van der Waals surface area (Å²) in [4.78, 5) is 12.2. The van der Waals surface area contributed by atoms with E-state index >= 15 is 0 Å². The van der Waals surface area contributed by atoms with Crippen LogP contribution in [0.15, 0.2) is 53.6 Å². The van der Waals surface area contributed by atoms with Gasteiger partial charge < -0.3 is 4.74 Å². The second-order valence-electron chi connectivity index (χ2n) is 7.24. The van der Waals surface area contributed by atoms with Crippen LogP contribution in [0.3, 0.4) is 0 Å². The van der Waals surface area contributed by atoms with Crippen LogP contribution in [0.5, 0.6) is 5.75 Å². The number of nitrogens with one attached hydrogen (secondary N) is 1. The zero-order valence-electron chi connectivity index (χ0n) is 17.4. The fraction of sp³-hybridized carbons (Fsp3) is 0.167. The van der Waals surface area contributed by atoms with Crippen LogP contribution in [0.2, 0.25) is 10.0 Å². The normalized spacial score (nSPS) is 11.1. The number of amides is 1. The van der Waals surface area contributed by atoms with Gasteiger partial charge in [0.1, 0.15) is 12.4 Å². The van der Waals surface area contributed by atoms with Crippen LogP contribution in [-0.4, -0.2) is 12.1 Å². The number of halogens is 4. The van der Waals surface area contributed by atoms with Crippen molar-refractivity contribution >= 4 is 80.5 Å². The summed E-state index contributed by atoms with van der Waals surface area (Å²) in [5.41, 5.74) is 7.60. The number of benzene rings is 3. The second kappa shape index (κ2) is 11.7. The van der Waals surface area contributed by atoms with Crippen LogP contribution in [0, 0.1) is 21.0 Å². The third kappa shape index (κ3) is 7.07. The maximum Gasteiger partial charge on any atom is 0.244 e. The zero-order valence-corrected chi connectivity index (χ0v) is 23.2. The van der Waals surface area contributed by atoms with Crippen molar-refractivity contribution in [2.24, 2.45) is 5.10 Å². The van der Waals surface area contributed by atoms with Gasteiger partial charge in [-0.15, -0.1) is 0 Å². The van der Waals surface area contributed by atoms with Crippen molar-refractivity contribution in [3.05, 3.63) is 93.5 Å². The van der Waals surface area contributed by atoms with E-state index in [2.05, 4.69) is 61.8 Å². The van der Waals surface area contributed by atoms with E-state index in [1.165, 1.54) is 5.56 Å². The molecule has 1 N–H and O–H groups in total. The molecule has 1 amide bonds. The lowest BCUT2D eigenvalue weighted by Crippen LogP contribution is -2.20. The van der Waals surface area contributed by atoms with Gasteiger partial charge in [-0.25, -0.2) is 5.43 Å². The van der Waals surface area contributed by atoms with Crippen LogP contribution in [0.1, 0.15) is 27.8 Å². The first-order valence-electron chi connectivity index (χ1n) is 9.66. The molecule has 0 bridgehead atoms. The van der Waals surface area contributed by atoms with E-state index < -0.39 is 0 Å². The third-order valence-corrected chi connectivity index (χ3v) is 6.85. The van der Waals surface area contributed by atoms with E-state index in [9.17, 15) is 4.79 Å². The molecule has 0 aliphatic rings. The topological polar surface area (TPSA) is 50.7 Å². The molecule has 0 saturated carbocycles. The lowest BCUT2D eigenvalue weighted by atomic mass is 10.0. The summed E-state index contributed by atoms with van der Waals surface area (Å²) in [6, 6.07) is 15.3. The summed E-state index contributed by atoms with van der Waals surface area (Å²) in [5, 5.41) is 5.27. The van der Waals surface area contributed by atoms with Gasteiger partial charge in [-0.05, 0) is 100.0 Å². The molecule has 0 unspecified atom stereocenters. The summed E-state index contributed by atoms with van der Waals surface area (Å²) in [6.07, 6.45) is 1.92. The minimum absolute atomic E-state index is 0.155. The molecule has 0 heterocycles. The molecular formula is C24H20Cl2I2N2O2. The van der Waals surface area contributed by atoms with Crippen molar-refractivity contribution in [2.75, 3.05) is 0 Å². The van der Waals surface area contributed by atoms with Gasteiger partial charge in [-0.2, -0.15) is 5.10 Å². The molecule has 0 aliphatic heterocycles. The summed E-state index contributed by atoms with van der Waals surface area (Å²) in [6.45, 7) is 4.38. The van der Waals surface area contributed by atoms with Crippen LogP contribution in [0.25, 0.3) is 0 Å². The van der Waals surface area contributed by atoms with E-state index in [-0.39, 0.29) is 5.91 Å². The van der Waals surface area contributed by atoms with Crippen LogP contribution in [-0.2, 0) is 17.8 Å². The van der Waals surface area contributed by atoms with E-state index in [1.807, 2.05) is 44.2 Å². The molecule has 0 atom stereocenters.